The van der Waals surface area contributed by atoms with Crippen molar-refractivity contribution in [2.75, 3.05) is 0 Å². The molecular weight excluding hydrogens is 641 g/mol. The summed E-state index contributed by atoms with van der Waals surface area (Å²) in [6.07, 6.45) is 5.34. The first-order valence-corrected chi connectivity index (χ1v) is 19.6. The Morgan fingerprint density at radius 2 is 1.19 bits per heavy atom. The number of hydrogen-bond donors (Lipinski definition) is 0. The molecule has 5 unspecified atom stereocenters. The van der Waals surface area contributed by atoms with E-state index in [-0.39, 0.29) is 5.41 Å². The van der Waals surface area contributed by atoms with E-state index < -0.39 is 0 Å². The SMILES string of the molecule is CC1CC2CC(C)C3(c4ccc(-c5nc6c(ccc7ccccc76)nc5-c5cccc(-c6ccccc6)c5)cc4-c4c3ccc3ccccc43)C(C1)C2. The molecule has 256 valence electrons. The average Bonchev–Trinajstić information content (AvgIpc) is 3.51. The monoisotopic (exact) mass is 682 g/mol. The Labute approximate surface area is 311 Å². The van der Waals surface area contributed by atoms with Crippen molar-refractivity contribution in [3.63, 3.8) is 0 Å². The Morgan fingerprint density at radius 3 is 2.06 bits per heavy atom. The van der Waals surface area contributed by atoms with Crippen LogP contribution in [0, 0.1) is 23.7 Å². The third-order valence-corrected chi connectivity index (χ3v) is 13.3. The van der Waals surface area contributed by atoms with Gasteiger partial charge >= 0.3 is 0 Å². The minimum Gasteiger partial charge on any atom is -0.244 e. The molecule has 0 N–H and O–H groups in total. The van der Waals surface area contributed by atoms with Gasteiger partial charge in [0.1, 0.15) is 0 Å². The molecule has 2 saturated carbocycles. The first kappa shape index (κ1) is 31.0. The normalized spacial score (nSPS) is 23.1. The Morgan fingerprint density at radius 1 is 0.509 bits per heavy atom. The molecule has 11 rings (SSSR count). The number of fused-ring (bicyclic) bond motifs is 13. The van der Waals surface area contributed by atoms with Crippen LogP contribution in [0.15, 0.2) is 146 Å². The van der Waals surface area contributed by atoms with Crippen molar-refractivity contribution in [3.05, 3.63) is 157 Å². The summed E-state index contributed by atoms with van der Waals surface area (Å²) in [6, 6.07) is 53.7. The summed E-state index contributed by atoms with van der Waals surface area (Å²) in [7, 11) is 0. The maximum Gasteiger partial charge on any atom is 0.0973 e. The zero-order valence-electron chi connectivity index (χ0n) is 30.4. The van der Waals surface area contributed by atoms with Crippen LogP contribution in [-0.4, -0.2) is 9.97 Å². The third kappa shape index (κ3) is 4.57. The van der Waals surface area contributed by atoms with Crippen LogP contribution in [0.5, 0.6) is 0 Å². The molecule has 1 heterocycles. The molecule has 1 spiro atoms. The van der Waals surface area contributed by atoms with Gasteiger partial charge in [-0.25, -0.2) is 9.97 Å². The van der Waals surface area contributed by atoms with Crippen LogP contribution in [0.25, 0.3) is 77.3 Å². The summed E-state index contributed by atoms with van der Waals surface area (Å²) in [6.45, 7) is 5.06. The van der Waals surface area contributed by atoms with Crippen LogP contribution >= 0.6 is 0 Å². The largest absolute Gasteiger partial charge is 0.244 e. The minimum absolute atomic E-state index is 0.0243. The zero-order chi connectivity index (χ0) is 35.3. The van der Waals surface area contributed by atoms with E-state index >= 15 is 0 Å². The highest BCUT2D eigenvalue weighted by molar-refractivity contribution is 6.06. The lowest BCUT2D eigenvalue weighted by Gasteiger charge is -2.54. The predicted molar refractivity (Wildman–Crippen MR) is 221 cm³/mol. The third-order valence-electron chi connectivity index (χ3n) is 13.3. The van der Waals surface area contributed by atoms with Crippen molar-refractivity contribution in [1.82, 2.24) is 9.97 Å². The van der Waals surface area contributed by atoms with E-state index in [1.807, 2.05) is 0 Å². The van der Waals surface area contributed by atoms with Crippen LogP contribution in [0.3, 0.4) is 0 Å². The van der Waals surface area contributed by atoms with Crippen molar-refractivity contribution in [3.8, 4) is 44.8 Å². The fraction of sp³-hybridized carbons (Fsp3) is 0.216. The van der Waals surface area contributed by atoms with Gasteiger partial charge < -0.3 is 0 Å². The number of benzene rings is 7. The van der Waals surface area contributed by atoms with Gasteiger partial charge in [-0.3, -0.25) is 0 Å². The lowest BCUT2D eigenvalue weighted by molar-refractivity contribution is 0.0426. The molecule has 3 aliphatic rings. The predicted octanol–water partition coefficient (Wildman–Crippen LogP) is 13.3. The van der Waals surface area contributed by atoms with E-state index in [4.69, 9.17) is 9.97 Å². The van der Waals surface area contributed by atoms with Gasteiger partial charge in [-0.1, -0.05) is 141 Å². The van der Waals surface area contributed by atoms with Crippen molar-refractivity contribution < 1.29 is 0 Å². The molecule has 0 aliphatic heterocycles. The van der Waals surface area contributed by atoms with Crippen molar-refractivity contribution >= 4 is 32.6 Å². The lowest BCUT2D eigenvalue weighted by atomic mass is 9.49. The summed E-state index contributed by atoms with van der Waals surface area (Å²) in [5.74, 6) is 2.84. The van der Waals surface area contributed by atoms with Gasteiger partial charge in [0, 0.05) is 21.9 Å². The summed E-state index contributed by atoms with van der Waals surface area (Å²) >= 11 is 0. The molecule has 2 fully saturated rings. The molecule has 0 radical (unpaired) electrons. The Hall–Kier alpha value is -5.60. The number of nitrogens with zero attached hydrogens (tertiary/aromatic N) is 2. The number of aromatic nitrogens is 2. The second-order valence-corrected chi connectivity index (χ2v) is 16.4. The topological polar surface area (TPSA) is 25.8 Å². The van der Waals surface area contributed by atoms with Crippen LogP contribution in [-0.2, 0) is 5.41 Å². The van der Waals surface area contributed by atoms with Gasteiger partial charge in [0.05, 0.1) is 22.4 Å². The first-order chi connectivity index (χ1) is 26.1. The highest BCUT2D eigenvalue weighted by Crippen LogP contribution is 2.65. The van der Waals surface area contributed by atoms with Gasteiger partial charge in [0.2, 0.25) is 0 Å². The standard InChI is InChI=1S/C51H42N2/c1-31-25-33-27-32(2)51(40(26-31)28-33)44-22-20-39(30-43(44)47-41-17-8-6-13-35(41)19-23-45(47)51)49-48(38-16-10-15-37(29-38)34-11-4-3-5-12-34)52-46-24-21-36-14-7-9-18-42(36)50(46)53-49/h3-24,29-33,40H,25-28H2,1-2H3. The van der Waals surface area contributed by atoms with Crippen LogP contribution in [0.4, 0.5) is 0 Å². The van der Waals surface area contributed by atoms with Crippen molar-refractivity contribution in [2.24, 2.45) is 23.7 Å². The van der Waals surface area contributed by atoms with Gasteiger partial charge in [-0.15, -0.1) is 0 Å². The molecule has 0 amide bonds. The average molecular weight is 683 g/mol. The van der Waals surface area contributed by atoms with Gasteiger partial charge in [-0.05, 0) is 117 Å². The highest BCUT2D eigenvalue weighted by Gasteiger charge is 2.56. The molecule has 1 aromatic heterocycles. The number of hydrogen-bond acceptors (Lipinski definition) is 2. The Bertz CT molecular complexity index is 2740. The molecule has 7 aromatic carbocycles. The molecule has 8 aromatic rings. The van der Waals surface area contributed by atoms with Gasteiger partial charge in [0.25, 0.3) is 0 Å². The molecule has 5 atom stereocenters. The van der Waals surface area contributed by atoms with E-state index in [1.54, 1.807) is 5.56 Å². The lowest BCUT2D eigenvalue weighted by Crippen LogP contribution is -2.49. The fourth-order valence-electron chi connectivity index (χ4n) is 11.3. The smallest absolute Gasteiger partial charge is 0.0973 e. The minimum atomic E-state index is 0.0243. The summed E-state index contributed by atoms with van der Waals surface area (Å²) in [4.78, 5) is 11.1. The summed E-state index contributed by atoms with van der Waals surface area (Å²) < 4.78 is 0. The van der Waals surface area contributed by atoms with Crippen LogP contribution in [0.2, 0.25) is 0 Å². The summed E-state index contributed by atoms with van der Waals surface area (Å²) in [5.41, 5.74) is 14.2. The van der Waals surface area contributed by atoms with E-state index in [9.17, 15) is 0 Å². The maximum absolute atomic E-state index is 5.61. The molecule has 53 heavy (non-hydrogen) atoms. The highest BCUT2D eigenvalue weighted by atomic mass is 14.8. The van der Waals surface area contributed by atoms with E-state index in [0.717, 1.165) is 50.8 Å². The summed E-state index contributed by atoms with van der Waals surface area (Å²) in [5, 5.41) is 5.00. The van der Waals surface area contributed by atoms with Gasteiger partial charge in [-0.2, -0.15) is 0 Å². The maximum atomic E-state index is 5.61. The van der Waals surface area contributed by atoms with Crippen LogP contribution in [0.1, 0.15) is 50.7 Å². The second kappa shape index (κ2) is 11.7. The molecular formula is C51H42N2. The fourth-order valence-corrected chi connectivity index (χ4v) is 11.3. The Balaban J connectivity index is 1.19. The molecule has 3 aliphatic carbocycles. The van der Waals surface area contributed by atoms with Crippen LogP contribution < -0.4 is 0 Å². The second-order valence-electron chi connectivity index (χ2n) is 16.4. The quantitative estimate of drug-likeness (QED) is 0.173. The van der Waals surface area contributed by atoms with E-state index in [1.165, 1.54) is 69.7 Å². The molecule has 0 saturated heterocycles. The first-order valence-electron chi connectivity index (χ1n) is 19.6. The van der Waals surface area contributed by atoms with Crippen molar-refractivity contribution in [2.45, 2.75) is 44.9 Å². The van der Waals surface area contributed by atoms with E-state index in [0.29, 0.717) is 11.8 Å². The number of rotatable bonds is 3. The Kier molecular flexibility index (Phi) is 6.84. The zero-order valence-corrected chi connectivity index (χ0v) is 30.4. The van der Waals surface area contributed by atoms with Crippen molar-refractivity contribution in [1.29, 1.82) is 0 Å². The molecule has 2 nitrogen and oxygen atoms in total. The van der Waals surface area contributed by atoms with E-state index in [2.05, 4.69) is 159 Å². The molecule has 2 heteroatoms. The van der Waals surface area contributed by atoms with Gasteiger partial charge in [0.15, 0.2) is 0 Å². The molecule has 2 bridgehead atoms.